The molecular formula is C13H23NO4. The van der Waals surface area contributed by atoms with Gasteiger partial charge in [0.2, 0.25) is 0 Å². The molecule has 2 heterocycles. The van der Waals surface area contributed by atoms with Crippen molar-refractivity contribution in [1.29, 1.82) is 0 Å². The zero-order chi connectivity index (χ0) is 12.8. The minimum Gasteiger partial charge on any atom is -0.463 e. The summed E-state index contributed by atoms with van der Waals surface area (Å²) < 4.78 is 15.5. The van der Waals surface area contributed by atoms with Gasteiger partial charge in [-0.25, -0.2) is 0 Å². The van der Waals surface area contributed by atoms with Crippen LogP contribution in [0.1, 0.15) is 25.7 Å². The van der Waals surface area contributed by atoms with Crippen LogP contribution >= 0.6 is 0 Å². The molecular weight excluding hydrogens is 234 g/mol. The molecule has 104 valence electrons. The number of hydrogen-bond acceptors (Lipinski definition) is 5. The zero-order valence-electron chi connectivity index (χ0n) is 11.0. The second kappa shape index (κ2) is 7.07. The van der Waals surface area contributed by atoms with Crippen LogP contribution in [0.5, 0.6) is 0 Å². The highest BCUT2D eigenvalue weighted by Crippen LogP contribution is 2.33. The average Bonchev–Trinajstić information content (AvgIpc) is 2.99. The van der Waals surface area contributed by atoms with Gasteiger partial charge in [-0.05, 0) is 25.7 Å². The molecule has 2 aliphatic heterocycles. The van der Waals surface area contributed by atoms with Gasteiger partial charge in [0, 0.05) is 32.4 Å². The Kier molecular flexibility index (Phi) is 5.41. The Labute approximate surface area is 108 Å². The van der Waals surface area contributed by atoms with Crippen LogP contribution in [0.2, 0.25) is 0 Å². The van der Waals surface area contributed by atoms with E-state index < -0.39 is 0 Å². The van der Waals surface area contributed by atoms with Gasteiger partial charge in [-0.2, -0.15) is 0 Å². The number of hydrogen-bond donors (Lipinski definition) is 1. The summed E-state index contributed by atoms with van der Waals surface area (Å²) in [6.45, 7) is 2.20. The Morgan fingerprint density at radius 1 is 1.22 bits per heavy atom. The SMILES string of the molecule is COCCCOCCOC(=O)C1CC2CCC1N2. The largest absolute Gasteiger partial charge is 0.463 e. The van der Waals surface area contributed by atoms with Crippen molar-refractivity contribution in [2.75, 3.05) is 33.5 Å². The fraction of sp³-hybridized carbons (Fsp3) is 0.923. The number of nitrogens with one attached hydrogen (secondary N) is 1. The highest BCUT2D eigenvalue weighted by Gasteiger charge is 2.43. The molecule has 2 saturated heterocycles. The van der Waals surface area contributed by atoms with Gasteiger partial charge in [0.1, 0.15) is 6.61 Å². The normalized spacial score (nSPS) is 29.7. The minimum atomic E-state index is -0.0600. The first kappa shape index (κ1) is 13.8. The summed E-state index contributed by atoms with van der Waals surface area (Å²) in [7, 11) is 1.67. The van der Waals surface area contributed by atoms with Crippen LogP contribution in [0.4, 0.5) is 0 Å². The maximum absolute atomic E-state index is 11.8. The molecule has 5 nitrogen and oxygen atoms in total. The summed E-state index contributed by atoms with van der Waals surface area (Å²) >= 11 is 0. The third-order valence-electron chi connectivity index (χ3n) is 3.71. The average molecular weight is 257 g/mol. The molecule has 2 rings (SSSR count). The lowest BCUT2D eigenvalue weighted by atomic mass is 9.89. The van der Waals surface area contributed by atoms with Crippen LogP contribution < -0.4 is 5.32 Å². The summed E-state index contributed by atoms with van der Waals surface area (Å²) in [5, 5.41) is 3.44. The first-order valence-electron chi connectivity index (χ1n) is 6.80. The Bertz CT molecular complexity index is 272. The van der Waals surface area contributed by atoms with E-state index in [-0.39, 0.29) is 11.9 Å². The van der Waals surface area contributed by atoms with Gasteiger partial charge in [-0.1, -0.05) is 0 Å². The molecule has 2 bridgehead atoms. The zero-order valence-corrected chi connectivity index (χ0v) is 11.0. The Hall–Kier alpha value is -0.650. The number of methoxy groups -OCH3 is 1. The second-order valence-corrected chi connectivity index (χ2v) is 5.02. The van der Waals surface area contributed by atoms with Crippen molar-refractivity contribution < 1.29 is 19.0 Å². The van der Waals surface area contributed by atoms with Gasteiger partial charge >= 0.3 is 5.97 Å². The topological polar surface area (TPSA) is 56.8 Å². The van der Waals surface area contributed by atoms with Gasteiger partial charge in [-0.3, -0.25) is 4.79 Å². The van der Waals surface area contributed by atoms with E-state index in [2.05, 4.69) is 5.32 Å². The van der Waals surface area contributed by atoms with Crippen molar-refractivity contribution in [1.82, 2.24) is 5.32 Å². The van der Waals surface area contributed by atoms with E-state index in [9.17, 15) is 4.79 Å². The maximum Gasteiger partial charge on any atom is 0.310 e. The number of fused-ring (bicyclic) bond motifs is 2. The van der Waals surface area contributed by atoms with Crippen LogP contribution in [-0.4, -0.2) is 51.6 Å². The summed E-state index contributed by atoms with van der Waals surface area (Å²) in [6, 6.07) is 0.892. The van der Waals surface area contributed by atoms with Crippen LogP contribution in [0, 0.1) is 5.92 Å². The fourth-order valence-corrected chi connectivity index (χ4v) is 2.80. The molecule has 2 fully saturated rings. The number of esters is 1. The molecule has 5 heteroatoms. The van der Waals surface area contributed by atoms with E-state index in [1.807, 2.05) is 0 Å². The maximum atomic E-state index is 11.8. The molecule has 1 N–H and O–H groups in total. The van der Waals surface area contributed by atoms with E-state index >= 15 is 0 Å². The summed E-state index contributed by atoms with van der Waals surface area (Å²) in [6.07, 6.45) is 4.13. The van der Waals surface area contributed by atoms with E-state index in [1.165, 1.54) is 6.42 Å². The van der Waals surface area contributed by atoms with E-state index in [0.717, 1.165) is 19.3 Å². The summed E-state index contributed by atoms with van der Waals surface area (Å²) in [5.74, 6) is 0.00688. The van der Waals surface area contributed by atoms with Crippen molar-refractivity contribution in [2.45, 2.75) is 37.8 Å². The highest BCUT2D eigenvalue weighted by atomic mass is 16.6. The van der Waals surface area contributed by atoms with Crippen LogP contribution in [0.25, 0.3) is 0 Å². The number of ether oxygens (including phenoxy) is 3. The molecule has 3 atom stereocenters. The van der Waals surface area contributed by atoms with Crippen LogP contribution in [0.3, 0.4) is 0 Å². The summed E-state index contributed by atoms with van der Waals surface area (Å²) in [5.41, 5.74) is 0. The van der Waals surface area contributed by atoms with Crippen molar-refractivity contribution in [3.8, 4) is 0 Å². The lowest BCUT2D eigenvalue weighted by Crippen LogP contribution is -2.30. The fourth-order valence-electron chi connectivity index (χ4n) is 2.80. The van der Waals surface area contributed by atoms with Gasteiger partial charge in [0.25, 0.3) is 0 Å². The van der Waals surface area contributed by atoms with Crippen LogP contribution in [-0.2, 0) is 19.0 Å². The molecule has 0 aromatic rings. The predicted molar refractivity (Wildman–Crippen MR) is 66.3 cm³/mol. The summed E-state index contributed by atoms with van der Waals surface area (Å²) in [4.78, 5) is 11.8. The molecule has 0 aromatic carbocycles. The van der Waals surface area contributed by atoms with Gasteiger partial charge in [0.05, 0.1) is 12.5 Å². The van der Waals surface area contributed by atoms with Crippen molar-refractivity contribution in [2.24, 2.45) is 5.92 Å². The quantitative estimate of drug-likeness (QED) is 0.513. The number of carbonyl (C=O) groups excluding carboxylic acids is 1. The molecule has 0 aromatic heterocycles. The second-order valence-electron chi connectivity index (χ2n) is 5.02. The number of rotatable bonds is 8. The molecule has 2 aliphatic rings. The first-order chi connectivity index (χ1) is 8.81. The Morgan fingerprint density at radius 2 is 2.11 bits per heavy atom. The predicted octanol–water partition coefficient (Wildman–Crippen LogP) is 0.723. The van der Waals surface area contributed by atoms with Crippen molar-refractivity contribution >= 4 is 5.97 Å². The molecule has 0 saturated carbocycles. The van der Waals surface area contributed by atoms with Gasteiger partial charge in [-0.15, -0.1) is 0 Å². The molecule has 0 radical (unpaired) electrons. The Morgan fingerprint density at radius 3 is 2.78 bits per heavy atom. The minimum absolute atomic E-state index is 0.0600. The van der Waals surface area contributed by atoms with Crippen molar-refractivity contribution in [3.05, 3.63) is 0 Å². The molecule has 0 amide bonds. The molecule has 0 spiro atoms. The van der Waals surface area contributed by atoms with E-state index in [0.29, 0.717) is 38.5 Å². The third kappa shape index (κ3) is 3.67. The lowest BCUT2D eigenvalue weighted by Gasteiger charge is -2.18. The number of carbonyl (C=O) groups is 1. The standard InChI is InChI=1S/C13H23NO4/c1-16-5-2-6-17-7-8-18-13(15)11-9-10-3-4-12(11)14-10/h10-12,14H,2-9H2,1H3. The van der Waals surface area contributed by atoms with Crippen LogP contribution in [0.15, 0.2) is 0 Å². The lowest BCUT2D eigenvalue weighted by molar-refractivity contribution is -0.150. The smallest absolute Gasteiger partial charge is 0.310 e. The molecule has 0 aliphatic carbocycles. The monoisotopic (exact) mass is 257 g/mol. The van der Waals surface area contributed by atoms with Crippen molar-refractivity contribution in [3.63, 3.8) is 0 Å². The Balaban J connectivity index is 1.50. The van der Waals surface area contributed by atoms with Gasteiger partial charge in [0.15, 0.2) is 0 Å². The van der Waals surface area contributed by atoms with Gasteiger partial charge < -0.3 is 19.5 Å². The van der Waals surface area contributed by atoms with E-state index in [4.69, 9.17) is 14.2 Å². The first-order valence-corrected chi connectivity index (χ1v) is 6.80. The molecule has 3 unspecified atom stereocenters. The highest BCUT2D eigenvalue weighted by molar-refractivity contribution is 5.74. The third-order valence-corrected chi connectivity index (χ3v) is 3.71. The van der Waals surface area contributed by atoms with E-state index in [1.54, 1.807) is 7.11 Å². The molecule has 18 heavy (non-hydrogen) atoms.